The van der Waals surface area contributed by atoms with E-state index in [1.165, 1.54) is 0 Å². The molecule has 0 saturated carbocycles. The summed E-state index contributed by atoms with van der Waals surface area (Å²) in [4.78, 5) is 15.7. The smallest absolute Gasteiger partial charge is 0.417 e. The normalized spacial score (nSPS) is 11.2. The molecule has 0 aliphatic heterocycles. The molecule has 0 aliphatic carbocycles. The summed E-state index contributed by atoms with van der Waals surface area (Å²) in [6, 6.07) is 0.746. The van der Waals surface area contributed by atoms with Crippen molar-refractivity contribution in [2.45, 2.75) is 32.9 Å². The van der Waals surface area contributed by atoms with E-state index in [2.05, 4.69) is 10.3 Å². The molecule has 0 atom stereocenters. The number of hydrogen-bond acceptors (Lipinski definition) is 4. The van der Waals surface area contributed by atoms with Crippen molar-refractivity contribution in [3.63, 3.8) is 0 Å². The van der Waals surface area contributed by atoms with Crippen molar-refractivity contribution in [2.75, 3.05) is 19.7 Å². The fourth-order valence-corrected chi connectivity index (χ4v) is 2.36. The van der Waals surface area contributed by atoms with Gasteiger partial charge in [0, 0.05) is 12.7 Å². The molecule has 5 nitrogen and oxygen atoms in total. The predicted octanol–water partition coefficient (Wildman–Crippen LogP) is 3.86. The van der Waals surface area contributed by atoms with Crippen LogP contribution in [-0.2, 0) is 11.0 Å². The first-order valence-electron chi connectivity index (χ1n) is 7.54. The van der Waals surface area contributed by atoms with Crippen LogP contribution in [-0.4, -0.2) is 30.6 Å². The highest BCUT2D eigenvalue weighted by Gasteiger charge is 2.33. The molecule has 1 aromatic heterocycles. The molecule has 26 heavy (non-hydrogen) atoms. The van der Waals surface area contributed by atoms with Crippen LogP contribution in [0.5, 0.6) is 5.88 Å². The molecule has 1 heterocycles. The Morgan fingerprint density at radius 1 is 1.31 bits per heavy atom. The van der Waals surface area contributed by atoms with Crippen molar-refractivity contribution in [1.29, 1.82) is 0 Å². The van der Waals surface area contributed by atoms with Crippen LogP contribution in [0.2, 0.25) is 5.02 Å². The molecular formula is C15H23Cl3F3N3O2. The van der Waals surface area contributed by atoms with Crippen LogP contribution < -0.4 is 15.8 Å². The van der Waals surface area contributed by atoms with Gasteiger partial charge in [-0.25, -0.2) is 4.98 Å². The lowest BCUT2D eigenvalue weighted by molar-refractivity contribution is -0.138. The van der Waals surface area contributed by atoms with E-state index in [-0.39, 0.29) is 61.3 Å². The number of aromatic nitrogens is 1. The third-order valence-corrected chi connectivity index (χ3v) is 4.26. The van der Waals surface area contributed by atoms with Gasteiger partial charge in [-0.1, -0.05) is 25.4 Å². The molecule has 0 spiro atoms. The lowest BCUT2D eigenvalue weighted by Crippen LogP contribution is -2.46. The number of carbonyl (C=O) groups is 1. The monoisotopic (exact) mass is 439 g/mol. The number of nitrogens with one attached hydrogen (secondary N) is 1. The van der Waals surface area contributed by atoms with Gasteiger partial charge in [-0.2, -0.15) is 13.2 Å². The number of alkyl halides is 3. The van der Waals surface area contributed by atoms with Gasteiger partial charge >= 0.3 is 6.18 Å². The fourth-order valence-electron chi connectivity index (χ4n) is 2.14. The molecule has 0 saturated heterocycles. The Kier molecular flexibility index (Phi) is 12.3. The van der Waals surface area contributed by atoms with E-state index in [9.17, 15) is 18.0 Å². The molecule has 0 bridgehead atoms. The van der Waals surface area contributed by atoms with Crippen LogP contribution in [0.4, 0.5) is 13.2 Å². The quantitative estimate of drug-likeness (QED) is 0.602. The van der Waals surface area contributed by atoms with Crippen molar-refractivity contribution in [2.24, 2.45) is 11.1 Å². The second-order valence-electron chi connectivity index (χ2n) is 5.30. The molecule has 1 rings (SSSR count). The Bertz CT molecular complexity index is 563. The zero-order valence-corrected chi connectivity index (χ0v) is 16.7. The summed E-state index contributed by atoms with van der Waals surface area (Å²) in [6.45, 7) is 4.20. The van der Waals surface area contributed by atoms with Crippen molar-refractivity contribution in [3.05, 3.63) is 22.8 Å². The fraction of sp³-hybridized carbons (Fsp3) is 0.600. The Hall–Kier alpha value is -0.960. The minimum atomic E-state index is -4.52. The Labute approximate surface area is 168 Å². The predicted molar refractivity (Wildman–Crippen MR) is 99.3 cm³/mol. The van der Waals surface area contributed by atoms with Crippen molar-refractivity contribution in [3.8, 4) is 5.88 Å². The number of carbonyl (C=O) groups excluding carboxylic acids is 1. The molecule has 0 aromatic carbocycles. The highest BCUT2D eigenvalue weighted by molar-refractivity contribution is 6.31. The Morgan fingerprint density at radius 2 is 1.88 bits per heavy atom. The molecule has 1 amide bonds. The van der Waals surface area contributed by atoms with Crippen molar-refractivity contribution >= 4 is 42.3 Å². The summed E-state index contributed by atoms with van der Waals surface area (Å²) in [7, 11) is 0. The van der Waals surface area contributed by atoms with E-state index in [4.69, 9.17) is 22.1 Å². The number of amides is 1. The number of rotatable bonds is 8. The Balaban J connectivity index is 0. The number of hydrogen-bond donors (Lipinski definition) is 2. The molecule has 0 radical (unpaired) electrons. The van der Waals surface area contributed by atoms with Crippen LogP contribution in [0.25, 0.3) is 0 Å². The molecule has 152 valence electrons. The number of nitrogens with zero attached hydrogens (tertiary/aromatic N) is 1. The standard InChI is InChI=1S/C15H21ClF3N3O2.2ClH/c1-3-14(4-2,9-20)13(23)21-5-6-24-12-11(16)7-10(8-22-12)15(17,18)19;;/h7-8H,3-6,9,20H2,1-2H3,(H,21,23);2*1H. The van der Waals surface area contributed by atoms with Gasteiger partial charge in [0.1, 0.15) is 11.6 Å². The lowest BCUT2D eigenvalue weighted by Gasteiger charge is -2.28. The van der Waals surface area contributed by atoms with Gasteiger partial charge < -0.3 is 15.8 Å². The Morgan fingerprint density at radius 3 is 2.31 bits per heavy atom. The average Bonchev–Trinajstić information content (AvgIpc) is 2.54. The maximum absolute atomic E-state index is 12.5. The van der Waals surface area contributed by atoms with Crippen molar-refractivity contribution in [1.82, 2.24) is 10.3 Å². The van der Waals surface area contributed by atoms with Crippen LogP contribution in [0, 0.1) is 5.41 Å². The van der Waals surface area contributed by atoms with Gasteiger partial charge in [-0.05, 0) is 18.9 Å². The number of halogens is 6. The molecule has 11 heteroatoms. The van der Waals surface area contributed by atoms with E-state index in [1.54, 1.807) is 0 Å². The highest BCUT2D eigenvalue weighted by Crippen LogP contribution is 2.33. The first-order chi connectivity index (χ1) is 11.2. The van der Waals surface area contributed by atoms with Crippen LogP contribution in [0.1, 0.15) is 32.3 Å². The van der Waals surface area contributed by atoms with Gasteiger partial charge in [-0.15, -0.1) is 24.8 Å². The maximum atomic E-state index is 12.5. The van der Waals surface area contributed by atoms with Gasteiger partial charge in [-0.3, -0.25) is 4.79 Å². The summed E-state index contributed by atoms with van der Waals surface area (Å²) >= 11 is 5.73. The summed E-state index contributed by atoms with van der Waals surface area (Å²) in [6.07, 6.45) is -2.65. The summed E-state index contributed by atoms with van der Waals surface area (Å²) in [5.41, 5.74) is 4.11. The molecule has 0 fully saturated rings. The van der Waals surface area contributed by atoms with Crippen molar-refractivity contribution < 1.29 is 22.7 Å². The number of nitrogens with two attached hydrogens (primary N) is 1. The molecule has 3 N–H and O–H groups in total. The first kappa shape index (κ1) is 27.3. The van der Waals surface area contributed by atoms with Crippen LogP contribution in [0.15, 0.2) is 12.3 Å². The average molecular weight is 441 g/mol. The minimum absolute atomic E-state index is 0. The minimum Gasteiger partial charge on any atom is -0.475 e. The van der Waals surface area contributed by atoms with Gasteiger partial charge in [0.25, 0.3) is 0 Å². The van der Waals surface area contributed by atoms with Gasteiger partial charge in [0.15, 0.2) is 0 Å². The lowest BCUT2D eigenvalue weighted by atomic mass is 9.81. The van der Waals surface area contributed by atoms with Crippen LogP contribution in [0.3, 0.4) is 0 Å². The zero-order valence-electron chi connectivity index (χ0n) is 14.4. The summed E-state index contributed by atoms with van der Waals surface area (Å²) < 4.78 is 42.7. The molecular weight excluding hydrogens is 418 g/mol. The summed E-state index contributed by atoms with van der Waals surface area (Å²) in [5.74, 6) is -0.292. The van der Waals surface area contributed by atoms with E-state index in [0.717, 1.165) is 6.07 Å². The third-order valence-electron chi connectivity index (χ3n) is 3.99. The SMILES string of the molecule is CCC(CC)(CN)C(=O)NCCOc1ncc(C(F)(F)F)cc1Cl.Cl.Cl. The maximum Gasteiger partial charge on any atom is 0.417 e. The van der Waals surface area contributed by atoms with Crippen LogP contribution >= 0.6 is 36.4 Å². The molecule has 0 aliphatic rings. The number of ether oxygens (including phenoxy) is 1. The summed E-state index contributed by atoms with van der Waals surface area (Å²) in [5, 5.41) is 2.47. The second-order valence-corrected chi connectivity index (χ2v) is 5.71. The first-order valence-corrected chi connectivity index (χ1v) is 7.92. The van der Waals surface area contributed by atoms with Gasteiger partial charge in [0.2, 0.25) is 11.8 Å². The molecule has 0 unspecified atom stereocenters. The third kappa shape index (κ3) is 6.98. The van der Waals surface area contributed by atoms with E-state index in [0.29, 0.717) is 19.0 Å². The highest BCUT2D eigenvalue weighted by atomic mass is 35.5. The van der Waals surface area contributed by atoms with E-state index < -0.39 is 17.2 Å². The number of pyridine rings is 1. The second kappa shape index (κ2) is 11.7. The largest absolute Gasteiger partial charge is 0.475 e. The van der Waals surface area contributed by atoms with E-state index in [1.807, 2.05) is 13.8 Å². The van der Waals surface area contributed by atoms with Gasteiger partial charge in [0.05, 0.1) is 17.5 Å². The van der Waals surface area contributed by atoms with E-state index >= 15 is 0 Å². The molecule has 1 aromatic rings. The zero-order chi connectivity index (χ0) is 18.4. The topological polar surface area (TPSA) is 77.2 Å².